The Labute approximate surface area is 132 Å². The van der Waals surface area contributed by atoms with Crippen LogP contribution in [0.2, 0.25) is 0 Å². The normalized spacial score (nSPS) is 10.9. The second kappa shape index (κ2) is 5.14. The monoisotopic (exact) mass is 392 g/mol. The SMILES string of the molecule is Cc1cc(Br)cc(C(=O)c2c[nH]c3ncc(Br)cc23)c1. The summed E-state index contributed by atoms with van der Waals surface area (Å²) in [7, 11) is 0. The molecule has 2 aromatic heterocycles. The number of halogens is 2. The van der Waals surface area contributed by atoms with Crippen LogP contribution in [-0.4, -0.2) is 15.8 Å². The standard InChI is InChI=1S/C15H10Br2N2O/c1-8-2-9(4-10(16)3-8)14(20)13-7-19-15-12(13)5-11(17)6-18-15/h2-7H,1H3,(H,18,19). The molecule has 0 saturated heterocycles. The Kier molecular flexibility index (Phi) is 3.48. The fourth-order valence-electron chi connectivity index (χ4n) is 2.19. The Morgan fingerprint density at radius 3 is 2.70 bits per heavy atom. The van der Waals surface area contributed by atoms with Crippen molar-refractivity contribution in [2.75, 3.05) is 0 Å². The lowest BCUT2D eigenvalue weighted by molar-refractivity contribution is 0.104. The van der Waals surface area contributed by atoms with Crippen LogP contribution >= 0.6 is 31.9 Å². The second-order valence-corrected chi connectivity index (χ2v) is 6.43. The Morgan fingerprint density at radius 2 is 1.95 bits per heavy atom. The summed E-state index contributed by atoms with van der Waals surface area (Å²) < 4.78 is 1.75. The summed E-state index contributed by atoms with van der Waals surface area (Å²) in [6.45, 7) is 1.97. The van der Waals surface area contributed by atoms with E-state index in [1.165, 1.54) is 0 Å². The van der Waals surface area contributed by atoms with Gasteiger partial charge in [0, 0.05) is 37.9 Å². The molecular weight excluding hydrogens is 384 g/mol. The highest BCUT2D eigenvalue weighted by atomic mass is 79.9. The molecule has 1 N–H and O–H groups in total. The molecule has 20 heavy (non-hydrogen) atoms. The average Bonchev–Trinajstić information content (AvgIpc) is 2.79. The van der Waals surface area contributed by atoms with Gasteiger partial charge in [-0.15, -0.1) is 0 Å². The average molecular weight is 394 g/mol. The van der Waals surface area contributed by atoms with E-state index >= 15 is 0 Å². The van der Waals surface area contributed by atoms with Gasteiger partial charge in [0.2, 0.25) is 0 Å². The molecule has 0 fully saturated rings. The van der Waals surface area contributed by atoms with Crippen molar-refractivity contribution in [1.29, 1.82) is 0 Å². The number of aromatic nitrogens is 2. The number of fused-ring (bicyclic) bond motifs is 1. The third-order valence-electron chi connectivity index (χ3n) is 3.05. The van der Waals surface area contributed by atoms with E-state index in [9.17, 15) is 4.79 Å². The lowest BCUT2D eigenvalue weighted by Gasteiger charge is -2.03. The smallest absolute Gasteiger partial charge is 0.195 e. The highest BCUT2D eigenvalue weighted by Crippen LogP contribution is 2.24. The maximum atomic E-state index is 12.7. The summed E-state index contributed by atoms with van der Waals surface area (Å²) in [5.41, 5.74) is 3.05. The van der Waals surface area contributed by atoms with Crippen molar-refractivity contribution in [2.45, 2.75) is 6.92 Å². The highest BCUT2D eigenvalue weighted by Gasteiger charge is 2.15. The number of aryl methyl sites for hydroxylation is 1. The summed E-state index contributed by atoms with van der Waals surface area (Å²) in [4.78, 5) is 19.9. The van der Waals surface area contributed by atoms with Crippen molar-refractivity contribution in [3.63, 3.8) is 0 Å². The molecule has 3 aromatic rings. The van der Waals surface area contributed by atoms with Crippen LogP contribution in [0.15, 0.2) is 45.6 Å². The van der Waals surface area contributed by atoms with Gasteiger partial charge in [0.05, 0.1) is 0 Å². The maximum absolute atomic E-state index is 12.7. The number of pyridine rings is 1. The quantitative estimate of drug-likeness (QED) is 0.645. The molecular formula is C15H10Br2N2O. The van der Waals surface area contributed by atoms with E-state index in [-0.39, 0.29) is 5.78 Å². The molecule has 100 valence electrons. The fraction of sp³-hybridized carbons (Fsp3) is 0.0667. The summed E-state index contributed by atoms with van der Waals surface area (Å²) in [6, 6.07) is 7.60. The predicted octanol–water partition coefficient (Wildman–Crippen LogP) is 4.63. The van der Waals surface area contributed by atoms with Crippen LogP contribution in [0, 0.1) is 6.92 Å². The van der Waals surface area contributed by atoms with Gasteiger partial charge in [-0.2, -0.15) is 0 Å². The van der Waals surface area contributed by atoms with Crippen molar-refractivity contribution in [2.24, 2.45) is 0 Å². The van der Waals surface area contributed by atoms with Crippen molar-refractivity contribution >= 4 is 48.7 Å². The predicted molar refractivity (Wildman–Crippen MR) is 86.1 cm³/mol. The Balaban J connectivity index is 2.15. The van der Waals surface area contributed by atoms with Gasteiger partial charge in [0.15, 0.2) is 5.78 Å². The van der Waals surface area contributed by atoms with Crippen LogP contribution in [0.1, 0.15) is 21.5 Å². The zero-order chi connectivity index (χ0) is 14.3. The number of ketones is 1. The summed E-state index contributed by atoms with van der Waals surface area (Å²) in [6.07, 6.45) is 3.42. The van der Waals surface area contributed by atoms with Gasteiger partial charge >= 0.3 is 0 Å². The van der Waals surface area contributed by atoms with Gasteiger partial charge in [0.1, 0.15) is 5.65 Å². The van der Waals surface area contributed by atoms with Crippen LogP contribution in [0.5, 0.6) is 0 Å². The molecule has 0 amide bonds. The number of benzene rings is 1. The van der Waals surface area contributed by atoms with Crippen molar-refractivity contribution < 1.29 is 4.79 Å². The van der Waals surface area contributed by atoms with Gasteiger partial charge < -0.3 is 4.98 Å². The molecule has 0 atom stereocenters. The van der Waals surface area contributed by atoms with Gasteiger partial charge in [-0.1, -0.05) is 15.9 Å². The molecule has 5 heteroatoms. The van der Waals surface area contributed by atoms with Crippen molar-refractivity contribution in [3.05, 3.63) is 62.3 Å². The summed E-state index contributed by atoms with van der Waals surface area (Å²) in [5, 5.41) is 0.821. The van der Waals surface area contributed by atoms with E-state index in [1.54, 1.807) is 12.4 Å². The lowest BCUT2D eigenvalue weighted by Crippen LogP contribution is -2.01. The number of rotatable bonds is 2. The van der Waals surface area contributed by atoms with E-state index < -0.39 is 0 Å². The lowest BCUT2D eigenvalue weighted by atomic mass is 10.0. The number of hydrogen-bond acceptors (Lipinski definition) is 2. The zero-order valence-electron chi connectivity index (χ0n) is 10.6. The Morgan fingerprint density at radius 1 is 1.15 bits per heavy atom. The van der Waals surface area contributed by atoms with E-state index in [4.69, 9.17) is 0 Å². The van der Waals surface area contributed by atoms with Crippen LogP contribution in [0.4, 0.5) is 0 Å². The Hall–Kier alpha value is -1.46. The molecule has 0 unspecified atom stereocenters. The van der Waals surface area contributed by atoms with E-state index in [0.29, 0.717) is 16.8 Å². The van der Waals surface area contributed by atoms with Crippen molar-refractivity contribution in [1.82, 2.24) is 9.97 Å². The number of H-pyrrole nitrogens is 1. The first-order chi connectivity index (χ1) is 9.54. The Bertz CT molecular complexity index is 804. The molecule has 2 heterocycles. The van der Waals surface area contributed by atoms with Gasteiger partial charge in [0.25, 0.3) is 0 Å². The molecule has 1 aromatic carbocycles. The minimum Gasteiger partial charge on any atom is -0.345 e. The van der Waals surface area contributed by atoms with Crippen LogP contribution < -0.4 is 0 Å². The molecule has 0 bridgehead atoms. The van der Waals surface area contributed by atoms with Crippen LogP contribution in [0.3, 0.4) is 0 Å². The molecule has 0 aliphatic rings. The molecule has 0 aliphatic heterocycles. The first kappa shape index (κ1) is 13.5. The number of carbonyl (C=O) groups excluding carboxylic acids is 1. The van der Waals surface area contributed by atoms with E-state index in [1.807, 2.05) is 31.2 Å². The first-order valence-electron chi connectivity index (χ1n) is 5.99. The molecule has 0 spiro atoms. The number of carbonyl (C=O) groups is 1. The van der Waals surface area contributed by atoms with Gasteiger partial charge in [-0.25, -0.2) is 4.98 Å². The largest absolute Gasteiger partial charge is 0.345 e. The first-order valence-corrected chi connectivity index (χ1v) is 7.58. The minimum atomic E-state index is -0.0134. The van der Waals surface area contributed by atoms with Crippen LogP contribution in [-0.2, 0) is 0 Å². The number of nitrogens with one attached hydrogen (secondary N) is 1. The fourth-order valence-corrected chi connectivity index (χ4v) is 3.13. The zero-order valence-corrected chi connectivity index (χ0v) is 13.7. The van der Waals surface area contributed by atoms with Crippen LogP contribution in [0.25, 0.3) is 11.0 Å². The number of hydrogen-bond donors (Lipinski definition) is 1. The van der Waals surface area contributed by atoms with E-state index in [0.717, 1.165) is 19.9 Å². The minimum absolute atomic E-state index is 0.0134. The third-order valence-corrected chi connectivity index (χ3v) is 3.94. The maximum Gasteiger partial charge on any atom is 0.195 e. The molecule has 3 nitrogen and oxygen atoms in total. The number of aromatic amines is 1. The summed E-state index contributed by atoms with van der Waals surface area (Å²) in [5.74, 6) is -0.0134. The molecule has 0 saturated carbocycles. The molecule has 0 aliphatic carbocycles. The topological polar surface area (TPSA) is 45.8 Å². The number of nitrogens with zero attached hydrogens (tertiary/aromatic N) is 1. The summed E-state index contributed by atoms with van der Waals surface area (Å²) >= 11 is 6.81. The molecule has 0 radical (unpaired) electrons. The second-order valence-electron chi connectivity index (χ2n) is 4.60. The van der Waals surface area contributed by atoms with E-state index in [2.05, 4.69) is 41.8 Å². The third kappa shape index (κ3) is 2.43. The van der Waals surface area contributed by atoms with Crippen molar-refractivity contribution in [3.8, 4) is 0 Å². The van der Waals surface area contributed by atoms with Gasteiger partial charge in [-0.3, -0.25) is 4.79 Å². The molecule has 3 rings (SSSR count). The highest BCUT2D eigenvalue weighted by molar-refractivity contribution is 9.10. The van der Waals surface area contributed by atoms with Gasteiger partial charge in [-0.05, 0) is 52.7 Å².